The van der Waals surface area contributed by atoms with Gasteiger partial charge in [0.05, 0.1) is 18.3 Å². The van der Waals surface area contributed by atoms with Crippen molar-refractivity contribution in [3.63, 3.8) is 0 Å². The van der Waals surface area contributed by atoms with E-state index >= 15 is 0 Å². The molecule has 0 amide bonds. The minimum absolute atomic E-state index is 0.179. The first-order valence-electron chi connectivity index (χ1n) is 7.66. The Labute approximate surface area is 143 Å². The van der Waals surface area contributed by atoms with Crippen molar-refractivity contribution in [2.45, 2.75) is 23.7 Å². The molecule has 2 aliphatic rings. The SMILES string of the molecule is CSc1ncc(C#N)c(N2CC3CC2CN3c2ncccc2F)n1. The molecular formula is C16H15FN6S. The Balaban J connectivity index is 1.61. The number of fused-ring (bicyclic) bond motifs is 2. The van der Waals surface area contributed by atoms with Crippen LogP contribution in [0.4, 0.5) is 16.0 Å². The van der Waals surface area contributed by atoms with Crippen LogP contribution in [0.2, 0.25) is 0 Å². The maximum atomic E-state index is 14.0. The molecule has 4 heterocycles. The standard InChI is InChI=1S/C16H15FN6S/c1-24-16-20-7-10(6-18)14(21-16)22-8-12-5-11(22)9-23(12)15-13(17)3-2-4-19-15/h2-4,7,11-12H,5,8-9H2,1H3. The van der Waals surface area contributed by atoms with Crippen molar-refractivity contribution >= 4 is 23.4 Å². The van der Waals surface area contributed by atoms with Crippen LogP contribution in [0.15, 0.2) is 29.7 Å². The quantitative estimate of drug-likeness (QED) is 0.625. The summed E-state index contributed by atoms with van der Waals surface area (Å²) < 4.78 is 14.0. The highest BCUT2D eigenvalue weighted by Gasteiger charge is 2.45. The Bertz CT molecular complexity index is 822. The number of thioether (sulfide) groups is 1. The van der Waals surface area contributed by atoms with Crippen molar-refractivity contribution in [2.24, 2.45) is 0 Å². The van der Waals surface area contributed by atoms with Gasteiger partial charge in [-0.05, 0) is 24.8 Å². The largest absolute Gasteiger partial charge is 0.348 e. The molecule has 122 valence electrons. The molecule has 0 spiro atoms. The van der Waals surface area contributed by atoms with Gasteiger partial charge in [0.25, 0.3) is 0 Å². The third kappa shape index (κ3) is 2.36. The normalized spacial score (nSPS) is 22.0. The molecule has 2 aromatic rings. The number of aromatic nitrogens is 3. The number of hydrogen-bond donors (Lipinski definition) is 0. The highest BCUT2D eigenvalue weighted by Crippen LogP contribution is 2.37. The van der Waals surface area contributed by atoms with Crippen LogP contribution >= 0.6 is 11.8 Å². The maximum absolute atomic E-state index is 14.0. The molecule has 24 heavy (non-hydrogen) atoms. The van der Waals surface area contributed by atoms with Gasteiger partial charge >= 0.3 is 0 Å². The number of piperazine rings is 1. The van der Waals surface area contributed by atoms with E-state index in [1.54, 1.807) is 18.5 Å². The summed E-state index contributed by atoms with van der Waals surface area (Å²) in [5.74, 6) is 0.809. The number of anilines is 2. The third-order valence-corrected chi connectivity index (χ3v) is 5.14. The van der Waals surface area contributed by atoms with E-state index in [4.69, 9.17) is 0 Å². The fraction of sp³-hybridized carbons (Fsp3) is 0.375. The van der Waals surface area contributed by atoms with Crippen molar-refractivity contribution in [3.8, 4) is 6.07 Å². The van der Waals surface area contributed by atoms with Crippen molar-refractivity contribution in [2.75, 3.05) is 29.1 Å². The molecule has 6 nitrogen and oxygen atoms in total. The van der Waals surface area contributed by atoms with E-state index < -0.39 is 0 Å². The first kappa shape index (κ1) is 15.1. The van der Waals surface area contributed by atoms with Crippen molar-refractivity contribution in [1.82, 2.24) is 15.0 Å². The van der Waals surface area contributed by atoms with Crippen LogP contribution in [0.1, 0.15) is 12.0 Å². The van der Waals surface area contributed by atoms with Gasteiger partial charge in [0.1, 0.15) is 11.6 Å². The summed E-state index contributed by atoms with van der Waals surface area (Å²) in [4.78, 5) is 17.1. The van der Waals surface area contributed by atoms with Crippen LogP contribution in [-0.4, -0.2) is 46.4 Å². The lowest BCUT2D eigenvalue weighted by molar-refractivity contribution is 0.582. The van der Waals surface area contributed by atoms with Gasteiger partial charge in [-0.3, -0.25) is 0 Å². The summed E-state index contributed by atoms with van der Waals surface area (Å²) in [5, 5.41) is 10.00. The van der Waals surface area contributed by atoms with Crippen LogP contribution in [0.25, 0.3) is 0 Å². The zero-order valence-corrected chi connectivity index (χ0v) is 13.9. The summed E-state index contributed by atoms with van der Waals surface area (Å²) in [6, 6.07) is 5.59. The Morgan fingerprint density at radius 1 is 1.25 bits per heavy atom. The first-order valence-corrected chi connectivity index (χ1v) is 8.88. The molecule has 4 rings (SSSR count). The lowest BCUT2D eigenvalue weighted by Gasteiger charge is -2.35. The van der Waals surface area contributed by atoms with Gasteiger partial charge < -0.3 is 9.80 Å². The molecule has 2 bridgehead atoms. The lowest BCUT2D eigenvalue weighted by atomic mass is 10.2. The molecule has 0 aromatic carbocycles. The predicted octanol–water partition coefficient (Wildman–Crippen LogP) is 2.07. The summed E-state index contributed by atoms with van der Waals surface area (Å²) in [6.07, 6.45) is 6.02. The van der Waals surface area contributed by atoms with Crippen LogP contribution in [0.5, 0.6) is 0 Å². The second-order valence-corrected chi connectivity index (χ2v) is 6.64. The number of halogens is 1. The van der Waals surface area contributed by atoms with Gasteiger partial charge in [-0.15, -0.1) is 0 Å². The number of rotatable bonds is 3. The summed E-state index contributed by atoms with van der Waals surface area (Å²) in [6.45, 7) is 1.39. The highest BCUT2D eigenvalue weighted by atomic mass is 32.2. The average molecular weight is 342 g/mol. The Kier molecular flexibility index (Phi) is 3.73. The van der Waals surface area contributed by atoms with Gasteiger partial charge in [-0.25, -0.2) is 19.3 Å². The highest BCUT2D eigenvalue weighted by molar-refractivity contribution is 7.98. The van der Waals surface area contributed by atoms with Crippen LogP contribution in [0.3, 0.4) is 0 Å². The number of hydrogen-bond acceptors (Lipinski definition) is 7. The first-order chi connectivity index (χ1) is 11.7. The van der Waals surface area contributed by atoms with Gasteiger partial charge in [-0.1, -0.05) is 11.8 Å². The number of nitrogens with zero attached hydrogens (tertiary/aromatic N) is 6. The Morgan fingerprint density at radius 3 is 2.62 bits per heavy atom. The molecule has 2 unspecified atom stereocenters. The maximum Gasteiger partial charge on any atom is 0.189 e. The van der Waals surface area contributed by atoms with E-state index in [1.165, 1.54) is 17.8 Å². The number of nitriles is 1. The van der Waals surface area contributed by atoms with Crippen molar-refractivity contribution in [1.29, 1.82) is 5.26 Å². The minimum atomic E-state index is -0.291. The zero-order chi connectivity index (χ0) is 16.7. The second-order valence-electron chi connectivity index (χ2n) is 5.86. The summed E-state index contributed by atoms with van der Waals surface area (Å²) in [5.41, 5.74) is 0.482. The molecule has 2 saturated heterocycles. The van der Waals surface area contributed by atoms with E-state index in [2.05, 4.69) is 25.9 Å². The van der Waals surface area contributed by atoms with Gasteiger partial charge in [-0.2, -0.15) is 5.26 Å². The van der Waals surface area contributed by atoms with E-state index in [1.807, 2.05) is 11.2 Å². The Hall–Kier alpha value is -2.40. The molecule has 2 aliphatic heterocycles. The van der Waals surface area contributed by atoms with Crippen LogP contribution in [0, 0.1) is 17.1 Å². The third-order valence-electron chi connectivity index (χ3n) is 4.57. The van der Waals surface area contributed by atoms with Crippen molar-refractivity contribution in [3.05, 3.63) is 35.9 Å². The minimum Gasteiger partial charge on any atom is -0.348 e. The van der Waals surface area contributed by atoms with E-state index in [-0.39, 0.29) is 17.9 Å². The monoisotopic (exact) mass is 342 g/mol. The molecule has 2 fully saturated rings. The fourth-order valence-corrected chi connectivity index (χ4v) is 3.86. The summed E-state index contributed by atoms with van der Waals surface area (Å²) >= 11 is 1.45. The number of pyridine rings is 1. The van der Waals surface area contributed by atoms with E-state index in [9.17, 15) is 9.65 Å². The molecule has 0 aliphatic carbocycles. The summed E-state index contributed by atoms with van der Waals surface area (Å²) in [7, 11) is 0. The van der Waals surface area contributed by atoms with Crippen LogP contribution in [-0.2, 0) is 0 Å². The average Bonchev–Trinajstić information content (AvgIpc) is 3.22. The molecule has 8 heteroatoms. The zero-order valence-electron chi connectivity index (χ0n) is 13.1. The predicted molar refractivity (Wildman–Crippen MR) is 89.6 cm³/mol. The lowest BCUT2D eigenvalue weighted by Crippen LogP contribution is -2.47. The Morgan fingerprint density at radius 2 is 2.00 bits per heavy atom. The molecule has 0 N–H and O–H groups in total. The molecule has 0 radical (unpaired) electrons. The van der Waals surface area contributed by atoms with E-state index in [0.29, 0.717) is 35.4 Å². The van der Waals surface area contributed by atoms with Crippen LogP contribution < -0.4 is 9.80 Å². The smallest absolute Gasteiger partial charge is 0.189 e. The van der Waals surface area contributed by atoms with Gasteiger partial charge in [0.15, 0.2) is 22.6 Å². The van der Waals surface area contributed by atoms with Gasteiger partial charge in [0, 0.05) is 19.3 Å². The molecular weight excluding hydrogens is 327 g/mol. The van der Waals surface area contributed by atoms with Gasteiger partial charge in [0.2, 0.25) is 0 Å². The van der Waals surface area contributed by atoms with E-state index in [0.717, 1.165) is 6.42 Å². The van der Waals surface area contributed by atoms with Crippen molar-refractivity contribution < 1.29 is 4.39 Å². The second kappa shape index (κ2) is 5.91. The molecule has 0 saturated carbocycles. The topological polar surface area (TPSA) is 68.9 Å². The molecule has 2 aromatic heterocycles. The molecule has 2 atom stereocenters. The fourth-order valence-electron chi connectivity index (χ4n) is 3.53.